The molecular formula is C24H35NO. The maximum atomic E-state index is 10.4. The zero-order chi connectivity index (χ0) is 19.1. The average Bonchev–Trinajstić information content (AvgIpc) is 2.60. The van der Waals surface area contributed by atoms with Crippen LogP contribution in [0.25, 0.3) is 0 Å². The lowest BCUT2D eigenvalue weighted by Gasteiger charge is -2.30. The normalized spacial score (nSPS) is 12.9. The molecule has 0 spiro atoms. The first-order valence-electron chi connectivity index (χ1n) is 10.00. The number of benzene rings is 2. The Bertz CT molecular complexity index is 655. The Morgan fingerprint density at radius 3 is 2.15 bits per heavy atom. The van der Waals surface area contributed by atoms with Gasteiger partial charge in [-0.3, -0.25) is 4.90 Å². The molecule has 142 valence electrons. The van der Waals surface area contributed by atoms with Crippen LogP contribution in [0, 0.1) is 6.92 Å². The van der Waals surface area contributed by atoms with Gasteiger partial charge < -0.3 is 5.11 Å². The van der Waals surface area contributed by atoms with Gasteiger partial charge in [0.2, 0.25) is 0 Å². The van der Waals surface area contributed by atoms with Crippen molar-refractivity contribution < 1.29 is 5.11 Å². The van der Waals surface area contributed by atoms with Crippen molar-refractivity contribution in [3.63, 3.8) is 0 Å². The van der Waals surface area contributed by atoms with E-state index in [1.54, 1.807) is 0 Å². The third kappa shape index (κ3) is 5.60. The van der Waals surface area contributed by atoms with Gasteiger partial charge in [0.25, 0.3) is 0 Å². The molecular weight excluding hydrogens is 318 g/mol. The summed E-state index contributed by atoms with van der Waals surface area (Å²) in [5, 5.41) is 10.4. The van der Waals surface area contributed by atoms with Crippen LogP contribution in [0.4, 0.5) is 0 Å². The summed E-state index contributed by atoms with van der Waals surface area (Å²) in [6, 6.07) is 17.7. The van der Waals surface area contributed by atoms with Crippen molar-refractivity contribution in [2.75, 3.05) is 6.54 Å². The molecule has 2 aromatic rings. The lowest BCUT2D eigenvalue weighted by atomic mass is 9.86. The van der Waals surface area contributed by atoms with Gasteiger partial charge in [-0.2, -0.15) is 0 Å². The van der Waals surface area contributed by atoms with Crippen LogP contribution in [0.3, 0.4) is 0 Å². The Kier molecular flexibility index (Phi) is 7.71. The first-order chi connectivity index (χ1) is 12.4. The van der Waals surface area contributed by atoms with Gasteiger partial charge in [0, 0.05) is 23.6 Å². The van der Waals surface area contributed by atoms with Gasteiger partial charge in [0.1, 0.15) is 5.75 Å². The molecule has 0 saturated carbocycles. The highest BCUT2D eigenvalue weighted by Gasteiger charge is 2.18. The summed E-state index contributed by atoms with van der Waals surface area (Å²) >= 11 is 0. The molecule has 1 unspecified atom stereocenters. The zero-order valence-electron chi connectivity index (χ0n) is 17.1. The Hall–Kier alpha value is -1.80. The van der Waals surface area contributed by atoms with Crippen LogP contribution in [0.15, 0.2) is 48.5 Å². The number of aryl methyl sites for hydroxylation is 1. The summed E-state index contributed by atoms with van der Waals surface area (Å²) in [4.78, 5) is 2.56. The molecule has 0 aliphatic carbocycles. The quantitative estimate of drug-likeness (QED) is 0.549. The van der Waals surface area contributed by atoms with Gasteiger partial charge in [0.05, 0.1) is 0 Å². The maximum absolute atomic E-state index is 10.4. The predicted molar refractivity (Wildman–Crippen MR) is 112 cm³/mol. The first kappa shape index (κ1) is 20.5. The number of phenolic OH excluding ortho intramolecular Hbond substituents is 1. The minimum Gasteiger partial charge on any atom is -0.508 e. The van der Waals surface area contributed by atoms with Gasteiger partial charge in [-0.1, -0.05) is 54.4 Å². The smallest absolute Gasteiger partial charge is 0.119 e. The topological polar surface area (TPSA) is 23.5 Å². The molecule has 2 nitrogen and oxygen atoms in total. The van der Waals surface area contributed by atoms with Crippen molar-refractivity contribution in [2.24, 2.45) is 0 Å². The van der Waals surface area contributed by atoms with Crippen molar-refractivity contribution in [2.45, 2.75) is 71.9 Å². The van der Waals surface area contributed by atoms with E-state index in [2.05, 4.69) is 75.9 Å². The standard InChI is InChI=1S/C24H35NO/c1-18(2)25(19(3)4)16-10-9-13-22(21-11-7-6-8-12-21)23-17-20(5)14-15-24(23)26/h6-8,11-12,14-15,17-19,22,26H,9-10,13,16H2,1-5H3. The van der Waals surface area contributed by atoms with Gasteiger partial charge >= 0.3 is 0 Å². The van der Waals surface area contributed by atoms with E-state index in [4.69, 9.17) is 0 Å². The van der Waals surface area contributed by atoms with E-state index in [0.717, 1.165) is 24.9 Å². The third-order valence-electron chi connectivity index (χ3n) is 5.25. The van der Waals surface area contributed by atoms with Crippen molar-refractivity contribution in [3.05, 3.63) is 65.2 Å². The molecule has 2 rings (SSSR count). The van der Waals surface area contributed by atoms with E-state index in [9.17, 15) is 5.11 Å². The molecule has 0 radical (unpaired) electrons. The summed E-state index contributed by atoms with van der Waals surface area (Å²) in [7, 11) is 0. The van der Waals surface area contributed by atoms with Crippen LogP contribution in [0.5, 0.6) is 5.75 Å². The second kappa shape index (κ2) is 9.78. The Labute approximate surface area is 159 Å². The second-order valence-corrected chi connectivity index (χ2v) is 7.95. The lowest BCUT2D eigenvalue weighted by molar-refractivity contribution is 0.171. The molecule has 0 aliphatic heterocycles. The van der Waals surface area contributed by atoms with Crippen LogP contribution in [-0.4, -0.2) is 28.6 Å². The highest BCUT2D eigenvalue weighted by molar-refractivity contribution is 5.43. The highest BCUT2D eigenvalue weighted by atomic mass is 16.3. The molecule has 1 N–H and O–H groups in total. The molecule has 0 aliphatic rings. The fourth-order valence-electron chi connectivity index (χ4n) is 3.90. The number of phenols is 1. The van der Waals surface area contributed by atoms with Gasteiger partial charge in [0.15, 0.2) is 0 Å². The van der Waals surface area contributed by atoms with Crippen molar-refractivity contribution >= 4 is 0 Å². The number of hydrogen-bond donors (Lipinski definition) is 1. The van der Waals surface area contributed by atoms with E-state index in [1.165, 1.54) is 17.5 Å². The molecule has 0 amide bonds. The SMILES string of the molecule is Cc1ccc(O)c(C(CCCCN(C(C)C)C(C)C)c2ccccc2)c1. The van der Waals surface area contributed by atoms with Crippen molar-refractivity contribution in [1.29, 1.82) is 0 Å². The molecule has 0 fully saturated rings. The van der Waals surface area contributed by atoms with Gasteiger partial charge in [-0.05, 0) is 65.6 Å². The second-order valence-electron chi connectivity index (χ2n) is 7.95. The minimum absolute atomic E-state index is 0.252. The predicted octanol–water partition coefficient (Wildman–Crippen LogP) is 6.12. The number of unbranched alkanes of at least 4 members (excludes halogenated alkanes) is 1. The maximum Gasteiger partial charge on any atom is 0.119 e. The Balaban J connectivity index is 2.10. The molecule has 26 heavy (non-hydrogen) atoms. The Morgan fingerprint density at radius 1 is 0.885 bits per heavy atom. The van der Waals surface area contributed by atoms with Crippen LogP contribution >= 0.6 is 0 Å². The van der Waals surface area contributed by atoms with E-state index < -0.39 is 0 Å². The minimum atomic E-state index is 0.252. The summed E-state index contributed by atoms with van der Waals surface area (Å²) in [5.74, 6) is 0.665. The summed E-state index contributed by atoms with van der Waals surface area (Å²) in [6.07, 6.45) is 3.40. The Morgan fingerprint density at radius 2 is 1.54 bits per heavy atom. The summed E-state index contributed by atoms with van der Waals surface area (Å²) < 4.78 is 0. The molecule has 2 aromatic carbocycles. The molecule has 0 aromatic heterocycles. The first-order valence-corrected chi connectivity index (χ1v) is 10.00. The van der Waals surface area contributed by atoms with Gasteiger partial charge in [-0.15, -0.1) is 0 Å². The van der Waals surface area contributed by atoms with Crippen LogP contribution < -0.4 is 0 Å². The van der Waals surface area contributed by atoms with Gasteiger partial charge in [-0.25, -0.2) is 0 Å². The summed E-state index contributed by atoms with van der Waals surface area (Å²) in [5.41, 5.74) is 3.54. The molecule has 2 heteroatoms. The van der Waals surface area contributed by atoms with Crippen LogP contribution in [0.1, 0.15) is 69.6 Å². The number of aromatic hydroxyl groups is 1. The average molecular weight is 354 g/mol. The number of rotatable bonds is 9. The number of hydrogen-bond acceptors (Lipinski definition) is 2. The fraction of sp³-hybridized carbons (Fsp3) is 0.500. The highest BCUT2D eigenvalue weighted by Crippen LogP contribution is 2.35. The van der Waals surface area contributed by atoms with E-state index in [0.29, 0.717) is 17.8 Å². The van der Waals surface area contributed by atoms with E-state index >= 15 is 0 Å². The zero-order valence-corrected chi connectivity index (χ0v) is 17.1. The van der Waals surface area contributed by atoms with Crippen molar-refractivity contribution in [3.8, 4) is 5.75 Å². The number of nitrogens with zero attached hydrogens (tertiary/aromatic N) is 1. The van der Waals surface area contributed by atoms with Crippen LogP contribution in [-0.2, 0) is 0 Å². The van der Waals surface area contributed by atoms with Crippen LogP contribution in [0.2, 0.25) is 0 Å². The molecule has 1 atom stereocenters. The third-order valence-corrected chi connectivity index (χ3v) is 5.25. The molecule has 0 saturated heterocycles. The molecule has 0 heterocycles. The van der Waals surface area contributed by atoms with E-state index in [-0.39, 0.29) is 5.92 Å². The largest absolute Gasteiger partial charge is 0.508 e. The molecule has 0 bridgehead atoms. The fourth-order valence-corrected chi connectivity index (χ4v) is 3.90. The summed E-state index contributed by atoms with van der Waals surface area (Å²) in [6.45, 7) is 12.3. The lowest BCUT2D eigenvalue weighted by Crippen LogP contribution is -2.37. The van der Waals surface area contributed by atoms with E-state index in [1.807, 2.05) is 12.1 Å². The van der Waals surface area contributed by atoms with Crippen molar-refractivity contribution in [1.82, 2.24) is 4.90 Å². The monoisotopic (exact) mass is 353 g/mol.